The van der Waals surface area contributed by atoms with Crippen LogP contribution >= 0.6 is 0 Å². The lowest BCUT2D eigenvalue weighted by atomic mass is 10.1. The van der Waals surface area contributed by atoms with E-state index < -0.39 is 12.0 Å². The number of nitrogens with zero attached hydrogens (tertiary/aromatic N) is 1. The van der Waals surface area contributed by atoms with Gasteiger partial charge in [0.05, 0.1) is 0 Å². The monoisotopic (exact) mass is 221 g/mol. The highest BCUT2D eigenvalue weighted by Gasteiger charge is 2.19. The largest absolute Gasteiger partial charge is 0.480 e. The quantitative estimate of drug-likeness (QED) is 0.849. The molecule has 1 atom stereocenters. The highest BCUT2D eigenvalue weighted by Crippen LogP contribution is 2.20. The fourth-order valence-corrected chi connectivity index (χ4v) is 1.93. The highest BCUT2D eigenvalue weighted by atomic mass is 16.4. The maximum Gasteiger partial charge on any atom is 0.326 e. The van der Waals surface area contributed by atoms with Crippen LogP contribution in [0.3, 0.4) is 0 Å². The van der Waals surface area contributed by atoms with E-state index in [0.29, 0.717) is 6.54 Å². The number of likely N-dealkylation sites (N-methyl/N-ethyl adjacent to an activating group) is 1. The molecule has 3 nitrogen and oxygen atoms in total. The van der Waals surface area contributed by atoms with E-state index in [9.17, 15) is 4.79 Å². The third kappa shape index (κ3) is 2.75. The minimum absolute atomic E-state index is 0.494. The summed E-state index contributed by atoms with van der Waals surface area (Å²) in [5.74, 6) is -0.791. The van der Waals surface area contributed by atoms with Gasteiger partial charge in [-0.05, 0) is 51.0 Å². The van der Waals surface area contributed by atoms with E-state index in [0.717, 1.165) is 16.8 Å². The van der Waals surface area contributed by atoms with Crippen molar-refractivity contribution < 1.29 is 9.90 Å². The van der Waals surface area contributed by atoms with Crippen molar-refractivity contribution in [3.63, 3.8) is 0 Å². The molecule has 0 fully saturated rings. The summed E-state index contributed by atoms with van der Waals surface area (Å²) in [5, 5.41) is 9.04. The third-order valence-electron chi connectivity index (χ3n) is 2.70. The summed E-state index contributed by atoms with van der Waals surface area (Å²) in [6.07, 6.45) is 0. The van der Waals surface area contributed by atoms with Gasteiger partial charge in [0, 0.05) is 12.2 Å². The lowest BCUT2D eigenvalue weighted by Crippen LogP contribution is -2.38. The Kier molecular flexibility index (Phi) is 3.93. The van der Waals surface area contributed by atoms with Crippen molar-refractivity contribution in [2.75, 3.05) is 11.4 Å². The van der Waals surface area contributed by atoms with Crippen LogP contribution in [0.1, 0.15) is 25.0 Å². The van der Waals surface area contributed by atoms with Gasteiger partial charge >= 0.3 is 5.97 Å². The first-order chi connectivity index (χ1) is 7.45. The van der Waals surface area contributed by atoms with E-state index in [1.165, 1.54) is 0 Å². The fraction of sp³-hybridized carbons (Fsp3) is 0.462. The molecular weight excluding hydrogens is 202 g/mol. The van der Waals surface area contributed by atoms with E-state index >= 15 is 0 Å². The molecule has 0 radical (unpaired) electrons. The molecule has 16 heavy (non-hydrogen) atoms. The average Bonchev–Trinajstić information content (AvgIpc) is 2.16. The first kappa shape index (κ1) is 12.6. The fourth-order valence-electron chi connectivity index (χ4n) is 1.93. The molecule has 1 aromatic carbocycles. The predicted octanol–water partition coefficient (Wildman–Crippen LogP) is 2.60. The summed E-state index contributed by atoms with van der Waals surface area (Å²) in [5.41, 5.74) is 3.30. The molecule has 1 aromatic rings. The van der Waals surface area contributed by atoms with Crippen LogP contribution in [0.15, 0.2) is 18.2 Å². The van der Waals surface area contributed by atoms with E-state index in [2.05, 4.69) is 6.07 Å². The molecule has 0 bridgehead atoms. The number of carbonyl (C=O) groups is 1. The number of carboxylic acid groups (broad SMARTS) is 1. The maximum absolute atomic E-state index is 11.0. The Labute approximate surface area is 96.7 Å². The van der Waals surface area contributed by atoms with Crippen LogP contribution in [0.4, 0.5) is 5.69 Å². The average molecular weight is 221 g/mol. The Hall–Kier alpha value is -1.51. The Morgan fingerprint density at radius 1 is 1.31 bits per heavy atom. The standard InChI is InChI=1S/C13H19NO2/c1-5-14(11(4)13(15)16)12-7-9(2)6-10(3)8-12/h6-8,11H,5H2,1-4H3,(H,15,16)/t11-/m1/s1. The van der Waals surface area contributed by atoms with Crippen LogP contribution in [0, 0.1) is 13.8 Å². The van der Waals surface area contributed by atoms with Crippen LogP contribution in [-0.4, -0.2) is 23.7 Å². The van der Waals surface area contributed by atoms with E-state index in [1.807, 2.05) is 37.8 Å². The number of aryl methyl sites for hydroxylation is 2. The first-order valence-electron chi connectivity index (χ1n) is 5.53. The number of carboxylic acids is 1. The first-order valence-corrected chi connectivity index (χ1v) is 5.53. The van der Waals surface area contributed by atoms with Gasteiger partial charge in [-0.15, -0.1) is 0 Å². The molecule has 3 heteroatoms. The van der Waals surface area contributed by atoms with Gasteiger partial charge in [-0.2, -0.15) is 0 Å². The highest BCUT2D eigenvalue weighted by molar-refractivity contribution is 5.77. The van der Waals surface area contributed by atoms with Gasteiger partial charge in [-0.25, -0.2) is 4.79 Å². The van der Waals surface area contributed by atoms with Crippen LogP contribution in [0.25, 0.3) is 0 Å². The molecular formula is C13H19NO2. The Balaban J connectivity index is 3.08. The second kappa shape index (κ2) is 5.01. The Morgan fingerprint density at radius 3 is 2.19 bits per heavy atom. The third-order valence-corrected chi connectivity index (χ3v) is 2.70. The van der Waals surface area contributed by atoms with Crippen LogP contribution in [-0.2, 0) is 4.79 Å². The zero-order chi connectivity index (χ0) is 12.3. The normalized spacial score (nSPS) is 12.2. The van der Waals surface area contributed by atoms with Crippen molar-refractivity contribution in [2.45, 2.75) is 33.7 Å². The maximum atomic E-state index is 11.0. The molecule has 0 unspecified atom stereocenters. The second-order valence-electron chi connectivity index (χ2n) is 4.15. The summed E-state index contributed by atoms with van der Waals surface area (Å²) in [4.78, 5) is 12.9. The topological polar surface area (TPSA) is 40.5 Å². The van der Waals surface area contributed by atoms with Gasteiger partial charge in [0.25, 0.3) is 0 Å². The lowest BCUT2D eigenvalue weighted by molar-refractivity contribution is -0.138. The summed E-state index contributed by atoms with van der Waals surface area (Å²) >= 11 is 0. The Morgan fingerprint density at radius 2 is 1.81 bits per heavy atom. The van der Waals surface area contributed by atoms with E-state index in [4.69, 9.17) is 5.11 Å². The minimum atomic E-state index is -0.791. The van der Waals surface area contributed by atoms with Crippen LogP contribution < -0.4 is 4.90 Å². The zero-order valence-corrected chi connectivity index (χ0v) is 10.3. The second-order valence-corrected chi connectivity index (χ2v) is 4.15. The van der Waals surface area contributed by atoms with Gasteiger partial charge in [0.2, 0.25) is 0 Å². The number of benzene rings is 1. The molecule has 0 saturated carbocycles. The molecule has 0 spiro atoms. The van der Waals surface area contributed by atoms with Gasteiger partial charge < -0.3 is 10.0 Å². The van der Waals surface area contributed by atoms with Gasteiger partial charge in [-0.3, -0.25) is 0 Å². The minimum Gasteiger partial charge on any atom is -0.480 e. The Bertz CT molecular complexity index is 367. The van der Waals surface area contributed by atoms with Gasteiger partial charge in [0.1, 0.15) is 6.04 Å². The van der Waals surface area contributed by atoms with Crippen LogP contribution in [0.2, 0.25) is 0 Å². The van der Waals surface area contributed by atoms with Crippen molar-refractivity contribution in [3.8, 4) is 0 Å². The molecule has 1 rings (SSSR count). The number of rotatable bonds is 4. The SMILES string of the molecule is CCN(c1cc(C)cc(C)c1)[C@H](C)C(=O)O. The van der Waals surface area contributed by atoms with E-state index in [-0.39, 0.29) is 0 Å². The summed E-state index contributed by atoms with van der Waals surface area (Å²) in [6.45, 7) is 8.42. The molecule has 0 amide bonds. The molecule has 0 aromatic heterocycles. The van der Waals surface area contributed by atoms with E-state index in [1.54, 1.807) is 6.92 Å². The molecule has 0 saturated heterocycles. The number of hydrogen-bond acceptors (Lipinski definition) is 2. The zero-order valence-electron chi connectivity index (χ0n) is 10.3. The van der Waals surface area contributed by atoms with Crippen molar-refractivity contribution in [1.29, 1.82) is 0 Å². The summed E-state index contributed by atoms with van der Waals surface area (Å²) in [7, 11) is 0. The molecule has 0 aliphatic heterocycles. The molecule has 0 heterocycles. The van der Waals surface area contributed by atoms with Crippen LogP contribution in [0.5, 0.6) is 0 Å². The lowest BCUT2D eigenvalue weighted by Gasteiger charge is -2.27. The number of hydrogen-bond donors (Lipinski definition) is 1. The molecule has 1 N–H and O–H groups in total. The molecule has 0 aliphatic carbocycles. The van der Waals surface area contributed by atoms with Crippen molar-refractivity contribution in [3.05, 3.63) is 29.3 Å². The molecule has 0 aliphatic rings. The van der Waals surface area contributed by atoms with Crippen molar-refractivity contribution in [1.82, 2.24) is 0 Å². The smallest absolute Gasteiger partial charge is 0.326 e. The summed E-state index contributed by atoms with van der Waals surface area (Å²) < 4.78 is 0. The van der Waals surface area contributed by atoms with Gasteiger partial charge in [-0.1, -0.05) is 6.07 Å². The number of aliphatic carboxylic acids is 1. The summed E-state index contributed by atoms with van der Waals surface area (Å²) in [6, 6.07) is 5.64. The molecule has 88 valence electrons. The predicted molar refractivity (Wildman–Crippen MR) is 66.0 cm³/mol. The van der Waals surface area contributed by atoms with Gasteiger partial charge in [0.15, 0.2) is 0 Å². The number of anilines is 1. The van der Waals surface area contributed by atoms with Crippen molar-refractivity contribution >= 4 is 11.7 Å². The van der Waals surface area contributed by atoms with Crippen molar-refractivity contribution in [2.24, 2.45) is 0 Å².